The van der Waals surface area contributed by atoms with Gasteiger partial charge in [0.05, 0.1) is 14.2 Å². The Bertz CT molecular complexity index is 339. The Morgan fingerprint density at radius 1 is 1.05 bits per heavy atom. The zero-order chi connectivity index (χ0) is 16.7. The van der Waals surface area contributed by atoms with Gasteiger partial charge in [-0.05, 0) is 34.9 Å². The lowest BCUT2D eigenvalue weighted by molar-refractivity contribution is -0.0976. The summed E-state index contributed by atoms with van der Waals surface area (Å²) in [4.78, 5) is 0. The molecule has 0 aliphatic carbocycles. The fourth-order valence-electron chi connectivity index (χ4n) is 5.33. The number of ether oxygens (including phenoxy) is 2. The molecule has 3 atom stereocenters. The zero-order valence-corrected chi connectivity index (χ0v) is 17.1. The molecule has 0 bridgehead atoms. The molecule has 0 N–H and O–H groups in total. The number of hydrogen-bond acceptors (Lipinski definition) is 2. The van der Waals surface area contributed by atoms with Gasteiger partial charge >= 0.3 is 0 Å². The van der Waals surface area contributed by atoms with E-state index in [9.17, 15) is 0 Å². The summed E-state index contributed by atoms with van der Waals surface area (Å²) in [5.41, 5.74) is 0. The highest BCUT2D eigenvalue weighted by molar-refractivity contribution is 6.97. The van der Waals surface area contributed by atoms with Crippen LogP contribution in [0.5, 0.6) is 0 Å². The second-order valence-electron chi connectivity index (χ2n) is 9.27. The van der Waals surface area contributed by atoms with E-state index in [4.69, 9.17) is 9.47 Å². The van der Waals surface area contributed by atoms with Crippen molar-refractivity contribution in [3.05, 3.63) is 0 Å². The molecular weight excluding hydrogens is 276 g/mol. The van der Waals surface area contributed by atoms with E-state index in [1.54, 1.807) is 0 Å². The molecule has 1 aliphatic heterocycles. The quantitative estimate of drug-likeness (QED) is 0.348. The largest absolute Gasteiger partial charge is 0.356 e. The van der Waals surface area contributed by atoms with Crippen molar-refractivity contribution >= 4 is 8.07 Å². The summed E-state index contributed by atoms with van der Waals surface area (Å²) in [6, 6.07) is 1.43. The van der Waals surface area contributed by atoms with Crippen molar-refractivity contribution in [2.75, 3.05) is 13.4 Å². The molecule has 126 valence electrons. The highest BCUT2D eigenvalue weighted by Crippen LogP contribution is 2.82. The molecule has 0 aromatic carbocycles. The van der Waals surface area contributed by atoms with E-state index in [-0.39, 0.29) is 6.10 Å². The normalized spacial score (nSPS) is 28.3. The summed E-state index contributed by atoms with van der Waals surface area (Å²) in [6.45, 7) is 25.1. The van der Waals surface area contributed by atoms with E-state index >= 15 is 0 Å². The minimum absolute atomic E-state index is 0.264. The highest BCUT2D eigenvalue weighted by Gasteiger charge is 2.77. The van der Waals surface area contributed by atoms with Gasteiger partial charge in [0.25, 0.3) is 0 Å². The van der Waals surface area contributed by atoms with Gasteiger partial charge in [-0.1, -0.05) is 61.4 Å². The topological polar surface area (TPSA) is 18.5 Å². The van der Waals surface area contributed by atoms with E-state index in [2.05, 4.69) is 62.3 Å². The maximum atomic E-state index is 5.93. The average molecular weight is 315 g/mol. The van der Waals surface area contributed by atoms with E-state index in [1.807, 2.05) is 6.92 Å². The molecule has 3 heteroatoms. The van der Waals surface area contributed by atoms with Crippen LogP contribution in [0.15, 0.2) is 0 Å². The number of hydrogen-bond donors (Lipinski definition) is 0. The van der Waals surface area contributed by atoms with Gasteiger partial charge < -0.3 is 9.47 Å². The summed E-state index contributed by atoms with van der Waals surface area (Å²) in [5.74, 6) is 0.586. The van der Waals surface area contributed by atoms with Gasteiger partial charge in [0.2, 0.25) is 0 Å². The van der Waals surface area contributed by atoms with Gasteiger partial charge in [0.1, 0.15) is 6.79 Å². The first-order valence-electron chi connectivity index (χ1n) is 8.54. The Morgan fingerprint density at radius 3 is 1.86 bits per heavy atom. The van der Waals surface area contributed by atoms with Crippen LogP contribution in [0.25, 0.3) is 0 Å². The Hall–Kier alpha value is 0.137. The number of rotatable bonds is 6. The van der Waals surface area contributed by atoms with Crippen molar-refractivity contribution in [2.24, 2.45) is 5.92 Å². The van der Waals surface area contributed by atoms with Crippen molar-refractivity contribution in [3.8, 4) is 0 Å². The fourth-order valence-corrected chi connectivity index (χ4v) is 14.9. The first kappa shape index (κ1) is 19.2. The maximum Gasteiger partial charge on any atom is 0.147 e. The molecule has 0 aromatic rings. The third-order valence-electron chi connectivity index (χ3n) is 6.37. The van der Waals surface area contributed by atoms with Crippen LogP contribution in [0, 0.1) is 5.92 Å². The molecular formula is C18H38O2Si. The highest BCUT2D eigenvalue weighted by atomic mass is 28.3. The van der Waals surface area contributed by atoms with Gasteiger partial charge in [0.15, 0.2) is 0 Å². The molecule has 1 fully saturated rings. The summed E-state index contributed by atoms with van der Waals surface area (Å²) in [7, 11) is -1.40. The summed E-state index contributed by atoms with van der Waals surface area (Å²) in [6.07, 6.45) is 0.264. The molecule has 1 saturated heterocycles. The van der Waals surface area contributed by atoms with Crippen LogP contribution < -0.4 is 0 Å². The minimum atomic E-state index is -1.40. The zero-order valence-electron chi connectivity index (χ0n) is 16.1. The van der Waals surface area contributed by atoms with Crippen LogP contribution in [-0.4, -0.2) is 27.6 Å². The molecule has 1 rings (SSSR count). The molecule has 0 spiro atoms. The molecule has 0 saturated carbocycles. The van der Waals surface area contributed by atoms with Crippen molar-refractivity contribution in [1.29, 1.82) is 0 Å². The fraction of sp³-hybridized carbons (Fsp3) is 1.00. The summed E-state index contributed by atoms with van der Waals surface area (Å²) < 4.78 is 11.3. The molecule has 0 aromatic heterocycles. The molecule has 1 heterocycles. The van der Waals surface area contributed by atoms with E-state index in [0.29, 0.717) is 27.8 Å². The first-order valence-corrected chi connectivity index (χ1v) is 10.7. The molecule has 1 aliphatic rings. The Balaban J connectivity index is 2.92. The van der Waals surface area contributed by atoms with Crippen molar-refractivity contribution < 1.29 is 9.47 Å². The van der Waals surface area contributed by atoms with Crippen LogP contribution >= 0.6 is 0 Å². The molecule has 2 nitrogen and oxygen atoms in total. The van der Waals surface area contributed by atoms with E-state index < -0.39 is 8.07 Å². The van der Waals surface area contributed by atoms with E-state index in [1.165, 1.54) is 6.04 Å². The van der Waals surface area contributed by atoms with E-state index in [0.717, 1.165) is 6.61 Å². The lowest BCUT2D eigenvalue weighted by Gasteiger charge is -2.46. The smallest absolute Gasteiger partial charge is 0.147 e. The van der Waals surface area contributed by atoms with Crippen molar-refractivity contribution in [3.63, 3.8) is 0 Å². The van der Waals surface area contributed by atoms with Crippen LogP contribution in [-0.2, 0) is 9.47 Å². The monoisotopic (exact) mass is 314 g/mol. The second-order valence-corrected chi connectivity index (χ2v) is 15.6. The Kier molecular flexibility index (Phi) is 5.46. The molecule has 0 radical (unpaired) electrons. The lowest BCUT2D eigenvalue weighted by atomic mass is 9.93. The van der Waals surface area contributed by atoms with Gasteiger partial charge in [0, 0.05) is 6.61 Å². The second kappa shape index (κ2) is 5.97. The predicted octanol–water partition coefficient (Wildman–Crippen LogP) is 5.84. The van der Waals surface area contributed by atoms with Gasteiger partial charge in [-0.3, -0.25) is 0 Å². The van der Waals surface area contributed by atoms with Crippen molar-refractivity contribution in [2.45, 2.75) is 96.5 Å². The lowest BCUT2D eigenvalue weighted by Crippen LogP contribution is -2.44. The van der Waals surface area contributed by atoms with Gasteiger partial charge in [-0.15, -0.1) is 0 Å². The van der Waals surface area contributed by atoms with Gasteiger partial charge in [-0.2, -0.15) is 0 Å². The molecule has 21 heavy (non-hydrogen) atoms. The molecule has 0 amide bonds. The summed E-state index contributed by atoms with van der Waals surface area (Å²) in [5, 5.41) is 1.34. The average Bonchev–Trinajstić information content (AvgIpc) is 2.97. The van der Waals surface area contributed by atoms with Crippen LogP contribution in [0.4, 0.5) is 0 Å². The van der Waals surface area contributed by atoms with Crippen LogP contribution in [0.3, 0.4) is 0 Å². The Labute approximate surface area is 134 Å². The standard InChI is InChI=1S/C18H38O2Si/c1-11-19-13-20-15(3)14(2)18(10)12-21(18,16(4,5)6)17(7,8)9/h14-15H,11-13H2,1-10H3/t14-,15-,18-/m1/s1. The predicted molar refractivity (Wildman–Crippen MR) is 94.6 cm³/mol. The minimum Gasteiger partial charge on any atom is -0.356 e. The SMILES string of the molecule is CCOCO[C@H](C)[C@@H](C)[C@@]1(C)C[Si]1(C(C)(C)C)C(C)(C)C. The Morgan fingerprint density at radius 2 is 1.52 bits per heavy atom. The maximum absolute atomic E-state index is 5.93. The van der Waals surface area contributed by atoms with Gasteiger partial charge in [-0.25, -0.2) is 0 Å². The summed E-state index contributed by atoms with van der Waals surface area (Å²) >= 11 is 0. The first-order chi connectivity index (χ1) is 9.35. The van der Waals surface area contributed by atoms with Crippen LogP contribution in [0.2, 0.25) is 21.2 Å². The third kappa shape index (κ3) is 3.11. The molecule has 0 unspecified atom stereocenters. The van der Waals surface area contributed by atoms with Crippen molar-refractivity contribution in [1.82, 2.24) is 0 Å². The van der Waals surface area contributed by atoms with Crippen LogP contribution in [0.1, 0.15) is 69.2 Å². The third-order valence-corrected chi connectivity index (χ3v) is 14.9.